The van der Waals surface area contributed by atoms with Crippen molar-refractivity contribution in [3.63, 3.8) is 0 Å². The van der Waals surface area contributed by atoms with E-state index in [4.69, 9.17) is 4.74 Å². The Morgan fingerprint density at radius 3 is 2.27 bits per heavy atom. The van der Waals surface area contributed by atoms with Gasteiger partial charge in [0, 0.05) is 18.7 Å². The van der Waals surface area contributed by atoms with E-state index < -0.39 is 0 Å². The predicted octanol–water partition coefficient (Wildman–Crippen LogP) is 2.73. The highest BCUT2D eigenvalue weighted by Crippen LogP contribution is 2.14. The number of rotatable bonds is 8. The van der Waals surface area contributed by atoms with Gasteiger partial charge in [-0.2, -0.15) is 0 Å². The fourth-order valence-electron chi connectivity index (χ4n) is 2.97. The van der Waals surface area contributed by atoms with Gasteiger partial charge in [0.15, 0.2) is 0 Å². The molecule has 0 radical (unpaired) electrons. The molecular formula is C23H26N4O3. The summed E-state index contributed by atoms with van der Waals surface area (Å²) in [5.74, 6) is 0.479. The topological polar surface area (TPSA) is 93.2 Å². The minimum atomic E-state index is -0.210. The van der Waals surface area contributed by atoms with Crippen LogP contribution < -0.4 is 15.4 Å². The van der Waals surface area contributed by atoms with Crippen LogP contribution >= 0.6 is 0 Å². The molecule has 3 aromatic rings. The van der Waals surface area contributed by atoms with E-state index in [1.165, 1.54) is 0 Å². The van der Waals surface area contributed by atoms with Crippen LogP contribution in [0.1, 0.15) is 34.2 Å². The maximum Gasteiger partial charge on any atom is 0.251 e. The lowest BCUT2D eigenvalue weighted by atomic mass is 10.1. The zero-order chi connectivity index (χ0) is 21.5. The summed E-state index contributed by atoms with van der Waals surface area (Å²) in [7, 11) is 0. The summed E-state index contributed by atoms with van der Waals surface area (Å²) in [5, 5.41) is 5.63. The first kappa shape index (κ1) is 21.2. The fraction of sp³-hybridized carbons (Fsp3) is 0.304. The molecule has 0 saturated heterocycles. The molecule has 0 unspecified atom stereocenters. The Hall–Kier alpha value is -3.48. The van der Waals surface area contributed by atoms with Gasteiger partial charge in [-0.1, -0.05) is 12.1 Å². The van der Waals surface area contributed by atoms with Crippen LogP contribution in [0.3, 0.4) is 0 Å². The van der Waals surface area contributed by atoms with Gasteiger partial charge in [0.25, 0.3) is 5.91 Å². The minimum Gasteiger partial charge on any atom is -0.494 e. The molecule has 0 spiro atoms. The maximum absolute atomic E-state index is 12.4. The molecule has 1 aromatic heterocycles. The van der Waals surface area contributed by atoms with E-state index in [1.807, 2.05) is 45.0 Å². The smallest absolute Gasteiger partial charge is 0.251 e. The van der Waals surface area contributed by atoms with E-state index in [1.54, 1.807) is 18.2 Å². The zero-order valence-corrected chi connectivity index (χ0v) is 17.5. The van der Waals surface area contributed by atoms with Gasteiger partial charge in [-0.3, -0.25) is 9.59 Å². The number of nitrogens with zero attached hydrogens (tertiary/aromatic N) is 2. The molecule has 30 heavy (non-hydrogen) atoms. The highest BCUT2D eigenvalue weighted by molar-refractivity contribution is 5.97. The summed E-state index contributed by atoms with van der Waals surface area (Å²) in [5.41, 5.74) is 4.59. The average molecular weight is 406 g/mol. The van der Waals surface area contributed by atoms with E-state index in [2.05, 4.69) is 20.6 Å². The second kappa shape index (κ2) is 9.82. The third kappa shape index (κ3) is 5.53. The van der Waals surface area contributed by atoms with Crippen molar-refractivity contribution in [2.24, 2.45) is 0 Å². The quantitative estimate of drug-likeness (QED) is 0.561. The number of ether oxygens (including phenoxy) is 1. The lowest BCUT2D eigenvalue weighted by molar-refractivity contribution is -0.120. The van der Waals surface area contributed by atoms with Crippen molar-refractivity contribution in [3.05, 3.63) is 65.0 Å². The van der Waals surface area contributed by atoms with Crippen molar-refractivity contribution in [1.29, 1.82) is 0 Å². The van der Waals surface area contributed by atoms with Crippen LogP contribution in [0.15, 0.2) is 42.5 Å². The monoisotopic (exact) mass is 406 g/mol. The van der Waals surface area contributed by atoms with Crippen LogP contribution in [-0.4, -0.2) is 41.5 Å². The number of amides is 2. The second-order valence-corrected chi connectivity index (χ2v) is 6.96. The molecule has 0 aliphatic rings. The Kier molecular flexibility index (Phi) is 6.95. The van der Waals surface area contributed by atoms with Gasteiger partial charge in [-0.15, -0.1) is 0 Å². The molecule has 2 N–H and O–H groups in total. The van der Waals surface area contributed by atoms with Gasteiger partial charge in [0.2, 0.25) is 5.91 Å². The van der Waals surface area contributed by atoms with E-state index in [-0.39, 0.29) is 18.2 Å². The van der Waals surface area contributed by atoms with Gasteiger partial charge in [-0.25, -0.2) is 9.97 Å². The van der Waals surface area contributed by atoms with Crippen molar-refractivity contribution >= 4 is 22.8 Å². The van der Waals surface area contributed by atoms with E-state index >= 15 is 0 Å². The Morgan fingerprint density at radius 1 is 0.900 bits per heavy atom. The van der Waals surface area contributed by atoms with E-state index in [0.29, 0.717) is 30.8 Å². The van der Waals surface area contributed by atoms with Crippen LogP contribution in [0.5, 0.6) is 5.75 Å². The van der Waals surface area contributed by atoms with Crippen LogP contribution in [-0.2, 0) is 11.2 Å². The molecule has 0 bridgehead atoms. The molecule has 2 aromatic carbocycles. The molecule has 0 atom stereocenters. The number of hydrogen-bond acceptors (Lipinski definition) is 5. The number of nitrogens with one attached hydrogen (secondary N) is 2. The van der Waals surface area contributed by atoms with Gasteiger partial charge in [0.05, 0.1) is 35.4 Å². The minimum absolute atomic E-state index is 0.0970. The Morgan fingerprint density at radius 2 is 1.57 bits per heavy atom. The number of hydrogen-bond donors (Lipinski definition) is 2. The molecule has 7 heteroatoms. The van der Waals surface area contributed by atoms with Gasteiger partial charge in [-0.05, 0) is 56.7 Å². The highest BCUT2D eigenvalue weighted by Gasteiger charge is 2.09. The van der Waals surface area contributed by atoms with Gasteiger partial charge < -0.3 is 15.4 Å². The third-order valence-electron chi connectivity index (χ3n) is 4.67. The van der Waals surface area contributed by atoms with Crippen molar-refractivity contribution in [1.82, 2.24) is 20.6 Å². The summed E-state index contributed by atoms with van der Waals surface area (Å²) >= 11 is 0. The fourth-order valence-corrected chi connectivity index (χ4v) is 2.97. The van der Waals surface area contributed by atoms with Crippen molar-refractivity contribution in [2.45, 2.75) is 27.2 Å². The van der Waals surface area contributed by atoms with Crippen LogP contribution in [0.4, 0.5) is 0 Å². The number of aryl methyl sites for hydroxylation is 2. The Balaban J connectivity index is 1.45. The lowest BCUT2D eigenvalue weighted by Gasteiger charge is -2.09. The maximum atomic E-state index is 12.4. The van der Waals surface area contributed by atoms with E-state index in [9.17, 15) is 9.59 Å². The summed E-state index contributed by atoms with van der Waals surface area (Å²) in [4.78, 5) is 33.4. The average Bonchev–Trinajstić information content (AvgIpc) is 2.73. The van der Waals surface area contributed by atoms with Crippen molar-refractivity contribution in [3.8, 4) is 5.75 Å². The SMILES string of the molecule is CCOc1ccc(CC(=O)NCCNC(=O)c2ccc3nc(C)c(C)nc3c2)cc1. The summed E-state index contributed by atoms with van der Waals surface area (Å²) < 4.78 is 5.39. The third-order valence-corrected chi connectivity index (χ3v) is 4.67. The van der Waals surface area contributed by atoms with Gasteiger partial charge >= 0.3 is 0 Å². The number of fused-ring (bicyclic) bond motifs is 1. The summed E-state index contributed by atoms with van der Waals surface area (Å²) in [6.45, 7) is 7.03. The predicted molar refractivity (Wildman–Crippen MR) is 116 cm³/mol. The Labute approximate surface area is 175 Å². The molecule has 0 saturated carbocycles. The normalized spacial score (nSPS) is 10.6. The van der Waals surface area contributed by atoms with Crippen molar-refractivity contribution < 1.29 is 14.3 Å². The van der Waals surface area contributed by atoms with Crippen LogP contribution in [0.25, 0.3) is 11.0 Å². The number of benzene rings is 2. The molecule has 1 heterocycles. The second-order valence-electron chi connectivity index (χ2n) is 6.96. The first-order valence-corrected chi connectivity index (χ1v) is 9.98. The standard InChI is InChI=1S/C23H26N4O3/c1-4-30-19-8-5-17(6-9-19)13-22(28)24-11-12-25-23(29)18-7-10-20-21(14-18)27-16(3)15(2)26-20/h5-10,14H,4,11-13H2,1-3H3,(H,24,28)(H,25,29). The highest BCUT2D eigenvalue weighted by atomic mass is 16.5. The van der Waals surface area contributed by atoms with Crippen molar-refractivity contribution in [2.75, 3.05) is 19.7 Å². The largest absolute Gasteiger partial charge is 0.494 e. The first-order chi connectivity index (χ1) is 14.5. The Bertz CT molecular complexity index is 1050. The first-order valence-electron chi connectivity index (χ1n) is 9.98. The van der Waals surface area contributed by atoms with Crippen LogP contribution in [0.2, 0.25) is 0 Å². The molecule has 0 aliphatic carbocycles. The summed E-state index contributed by atoms with van der Waals surface area (Å²) in [6.07, 6.45) is 0.280. The number of aromatic nitrogens is 2. The molecule has 7 nitrogen and oxygen atoms in total. The number of carbonyl (C=O) groups excluding carboxylic acids is 2. The van der Waals surface area contributed by atoms with E-state index in [0.717, 1.165) is 28.2 Å². The molecule has 2 amide bonds. The van der Waals surface area contributed by atoms with Crippen LogP contribution in [0, 0.1) is 13.8 Å². The molecule has 0 aliphatic heterocycles. The lowest BCUT2D eigenvalue weighted by Crippen LogP contribution is -2.35. The molecule has 3 rings (SSSR count). The molecular weight excluding hydrogens is 380 g/mol. The van der Waals surface area contributed by atoms with Gasteiger partial charge in [0.1, 0.15) is 5.75 Å². The zero-order valence-electron chi connectivity index (χ0n) is 17.5. The molecule has 156 valence electrons. The molecule has 0 fully saturated rings. The number of carbonyl (C=O) groups is 2. The summed E-state index contributed by atoms with van der Waals surface area (Å²) in [6, 6.07) is 12.7.